The Morgan fingerprint density at radius 1 is 1.06 bits per heavy atom. The van der Waals surface area contributed by atoms with Gasteiger partial charge in [-0.3, -0.25) is 4.90 Å². The first-order valence-electron chi connectivity index (χ1n) is 6.16. The van der Waals surface area contributed by atoms with Gasteiger partial charge in [0.2, 0.25) is 0 Å². The van der Waals surface area contributed by atoms with Crippen molar-refractivity contribution in [1.82, 2.24) is 10.2 Å². The summed E-state index contributed by atoms with van der Waals surface area (Å²) >= 11 is 0. The Balaban J connectivity index is 0.00000144. The second-order valence-corrected chi connectivity index (χ2v) is 4.90. The van der Waals surface area contributed by atoms with E-state index >= 15 is 0 Å². The first kappa shape index (κ1) is 14.5. The van der Waals surface area contributed by atoms with E-state index in [4.69, 9.17) is 0 Å². The molecule has 96 valence electrons. The third-order valence-electron chi connectivity index (χ3n) is 3.43. The lowest BCUT2D eigenvalue weighted by Crippen LogP contribution is -2.43. The van der Waals surface area contributed by atoms with Crippen molar-refractivity contribution >= 4 is 12.4 Å². The summed E-state index contributed by atoms with van der Waals surface area (Å²) in [5.41, 5.74) is 5.78. The summed E-state index contributed by atoms with van der Waals surface area (Å²) in [7, 11) is 0. The van der Waals surface area contributed by atoms with Crippen molar-refractivity contribution in [3.8, 4) is 0 Å². The van der Waals surface area contributed by atoms with E-state index in [1.54, 1.807) is 0 Å². The predicted molar refractivity (Wildman–Crippen MR) is 76.0 cm³/mol. The monoisotopic (exact) mass is 254 g/mol. The molecule has 0 aliphatic carbocycles. The van der Waals surface area contributed by atoms with Crippen LogP contribution in [0.4, 0.5) is 0 Å². The van der Waals surface area contributed by atoms with Crippen molar-refractivity contribution in [3.05, 3.63) is 34.4 Å². The molecule has 0 bridgehead atoms. The summed E-state index contributed by atoms with van der Waals surface area (Å²) < 4.78 is 0. The van der Waals surface area contributed by atoms with Crippen molar-refractivity contribution in [2.75, 3.05) is 26.2 Å². The molecule has 0 aromatic heterocycles. The largest absolute Gasteiger partial charge is 0.314 e. The summed E-state index contributed by atoms with van der Waals surface area (Å²) in [5.74, 6) is 0. The normalized spacial score (nSPS) is 16.6. The van der Waals surface area contributed by atoms with Crippen LogP contribution in [0.3, 0.4) is 0 Å². The lowest BCUT2D eigenvalue weighted by Gasteiger charge is -2.28. The minimum absolute atomic E-state index is 0. The van der Waals surface area contributed by atoms with Gasteiger partial charge in [0.15, 0.2) is 0 Å². The summed E-state index contributed by atoms with van der Waals surface area (Å²) in [6.07, 6.45) is 0. The van der Waals surface area contributed by atoms with Crippen LogP contribution in [0.5, 0.6) is 0 Å². The SMILES string of the molecule is Cc1cc(C)c(CN2CCNCC2)c(C)c1.Cl. The Bertz CT molecular complexity index is 347. The zero-order valence-electron chi connectivity index (χ0n) is 11.0. The molecule has 0 spiro atoms. The van der Waals surface area contributed by atoms with E-state index in [0.717, 1.165) is 19.6 Å². The Kier molecular flexibility index (Phi) is 5.44. The lowest BCUT2D eigenvalue weighted by molar-refractivity contribution is 0.232. The highest BCUT2D eigenvalue weighted by Crippen LogP contribution is 2.18. The molecular formula is C14H23ClN2. The molecule has 0 amide bonds. The van der Waals surface area contributed by atoms with Gasteiger partial charge in [-0.2, -0.15) is 0 Å². The van der Waals surface area contributed by atoms with Crippen molar-refractivity contribution in [2.45, 2.75) is 27.3 Å². The van der Waals surface area contributed by atoms with Crippen LogP contribution in [0, 0.1) is 20.8 Å². The van der Waals surface area contributed by atoms with Gasteiger partial charge in [0.25, 0.3) is 0 Å². The van der Waals surface area contributed by atoms with Crippen LogP contribution in [0.25, 0.3) is 0 Å². The summed E-state index contributed by atoms with van der Waals surface area (Å²) in [5, 5.41) is 3.40. The number of rotatable bonds is 2. The van der Waals surface area contributed by atoms with Crippen molar-refractivity contribution < 1.29 is 0 Å². The fourth-order valence-electron chi connectivity index (χ4n) is 2.55. The number of hydrogen-bond donors (Lipinski definition) is 1. The second-order valence-electron chi connectivity index (χ2n) is 4.90. The molecule has 0 saturated carbocycles. The smallest absolute Gasteiger partial charge is 0.0240 e. The maximum atomic E-state index is 3.40. The molecule has 1 fully saturated rings. The van der Waals surface area contributed by atoms with Gasteiger partial charge in [-0.15, -0.1) is 12.4 Å². The number of nitrogens with zero attached hydrogens (tertiary/aromatic N) is 1. The van der Waals surface area contributed by atoms with E-state index in [2.05, 4.69) is 43.1 Å². The van der Waals surface area contributed by atoms with Crippen LogP contribution in [0.15, 0.2) is 12.1 Å². The zero-order chi connectivity index (χ0) is 11.5. The minimum atomic E-state index is 0. The van der Waals surface area contributed by atoms with Crippen LogP contribution in [0.1, 0.15) is 22.3 Å². The van der Waals surface area contributed by atoms with E-state index in [0.29, 0.717) is 0 Å². The number of nitrogens with one attached hydrogen (secondary N) is 1. The van der Waals surface area contributed by atoms with Gasteiger partial charge >= 0.3 is 0 Å². The molecule has 1 heterocycles. The molecule has 1 N–H and O–H groups in total. The number of benzene rings is 1. The van der Waals surface area contributed by atoms with E-state index in [9.17, 15) is 0 Å². The van der Waals surface area contributed by atoms with E-state index in [1.165, 1.54) is 35.3 Å². The number of hydrogen-bond acceptors (Lipinski definition) is 2. The lowest BCUT2D eigenvalue weighted by atomic mass is 9.99. The molecule has 1 aromatic rings. The summed E-state index contributed by atoms with van der Waals surface area (Å²) in [6.45, 7) is 12.4. The van der Waals surface area contributed by atoms with E-state index < -0.39 is 0 Å². The van der Waals surface area contributed by atoms with Crippen LogP contribution >= 0.6 is 12.4 Å². The van der Waals surface area contributed by atoms with Gasteiger partial charge in [0.05, 0.1) is 0 Å². The number of aryl methyl sites for hydroxylation is 3. The highest BCUT2D eigenvalue weighted by Gasteiger charge is 2.12. The molecule has 17 heavy (non-hydrogen) atoms. The molecule has 1 aliphatic heterocycles. The van der Waals surface area contributed by atoms with Crippen LogP contribution in [-0.4, -0.2) is 31.1 Å². The highest BCUT2D eigenvalue weighted by atomic mass is 35.5. The molecule has 0 unspecified atom stereocenters. The van der Waals surface area contributed by atoms with Gasteiger partial charge in [-0.05, 0) is 37.5 Å². The zero-order valence-corrected chi connectivity index (χ0v) is 11.9. The van der Waals surface area contributed by atoms with Gasteiger partial charge in [-0.1, -0.05) is 17.7 Å². The Hall–Kier alpha value is -0.570. The third kappa shape index (κ3) is 3.70. The maximum absolute atomic E-state index is 3.40. The first-order chi connectivity index (χ1) is 7.66. The van der Waals surface area contributed by atoms with Gasteiger partial charge in [-0.25, -0.2) is 0 Å². The van der Waals surface area contributed by atoms with E-state index in [1.807, 2.05) is 0 Å². The van der Waals surface area contributed by atoms with Gasteiger partial charge in [0, 0.05) is 32.7 Å². The van der Waals surface area contributed by atoms with Crippen molar-refractivity contribution in [3.63, 3.8) is 0 Å². The third-order valence-corrected chi connectivity index (χ3v) is 3.43. The number of halogens is 1. The minimum Gasteiger partial charge on any atom is -0.314 e. The predicted octanol–water partition coefficient (Wildman–Crippen LogP) is 2.44. The van der Waals surface area contributed by atoms with Crippen LogP contribution < -0.4 is 5.32 Å². The Morgan fingerprint density at radius 3 is 2.12 bits per heavy atom. The maximum Gasteiger partial charge on any atom is 0.0240 e. The van der Waals surface area contributed by atoms with Crippen molar-refractivity contribution in [2.24, 2.45) is 0 Å². The summed E-state index contributed by atoms with van der Waals surface area (Å²) in [6, 6.07) is 4.59. The molecule has 1 saturated heterocycles. The molecule has 1 aliphatic rings. The van der Waals surface area contributed by atoms with Crippen LogP contribution in [-0.2, 0) is 6.54 Å². The number of piperazine rings is 1. The van der Waals surface area contributed by atoms with Gasteiger partial charge < -0.3 is 5.32 Å². The first-order valence-corrected chi connectivity index (χ1v) is 6.16. The molecule has 2 rings (SSSR count). The summed E-state index contributed by atoms with van der Waals surface area (Å²) in [4.78, 5) is 2.54. The molecule has 0 radical (unpaired) electrons. The topological polar surface area (TPSA) is 15.3 Å². The molecule has 1 aromatic carbocycles. The molecule has 0 atom stereocenters. The fourth-order valence-corrected chi connectivity index (χ4v) is 2.55. The van der Waals surface area contributed by atoms with Crippen molar-refractivity contribution in [1.29, 1.82) is 0 Å². The van der Waals surface area contributed by atoms with Gasteiger partial charge in [0.1, 0.15) is 0 Å². The highest BCUT2D eigenvalue weighted by molar-refractivity contribution is 5.85. The average molecular weight is 255 g/mol. The molecular weight excluding hydrogens is 232 g/mol. The van der Waals surface area contributed by atoms with E-state index in [-0.39, 0.29) is 12.4 Å². The molecule has 2 nitrogen and oxygen atoms in total. The Morgan fingerprint density at radius 2 is 1.59 bits per heavy atom. The van der Waals surface area contributed by atoms with Crippen LogP contribution in [0.2, 0.25) is 0 Å². The molecule has 3 heteroatoms. The standard InChI is InChI=1S/C14H22N2.ClH/c1-11-8-12(2)14(13(3)9-11)10-16-6-4-15-5-7-16;/h8-9,15H,4-7,10H2,1-3H3;1H. The second kappa shape index (κ2) is 6.39. The fraction of sp³-hybridized carbons (Fsp3) is 0.571. The average Bonchev–Trinajstić information content (AvgIpc) is 2.25. The Labute approximate surface area is 111 Å². The quantitative estimate of drug-likeness (QED) is 0.872.